The van der Waals surface area contributed by atoms with Gasteiger partial charge in [0, 0.05) is 5.56 Å². The molecule has 0 aliphatic carbocycles. The second-order valence-corrected chi connectivity index (χ2v) is 6.41. The molecule has 3 N–H and O–H groups in total. The first kappa shape index (κ1) is 18.3. The van der Waals surface area contributed by atoms with Gasteiger partial charge >= 0.3 is 0 Å². The lowest BCUT2D eigenvalue weighted by atomic mass is 9.94. The number of rotatable bonds is 5. The maximum absolute atomic E-state index is 12.7. The molecule has 0 aromatic heterocycles. The van der Waals surface area contributed by atoms with Crippen molar-refractivity contribution >= 4 is 11.8 Å². The van der Waals surface area contributed by atoms with Gasteiger partial charge in [0.05, 0.1) is 24.7 Å². The highest BCUT2D eigenvalue weighted by Crippen LogP contribution is 2.25. The zero-order valence-electron chi connectivity index (χ0n) is 14.0. The monoisotopic (exact) mass is 339 g/mol. The summed E-state index contributed by atoms with van der Waals surface area (Å²) < 4.78 is 25.3. The summed E-state index contributed by atoms with van der Waals surface area (Å²) in [5.74, 6) is -0.377. The average molecular weight is 339 g/mol. The van der Waals surface area contributed by atoms with Gasteiger partial charge in [0.25, 0.3) is 6.43 Å². The van der Waals surface area contributed by atoms with Crippen molar-refractivity contribution in [3.05, 3.63) is 35.4 Å². The van der Waals surface area contributed by atoms with E-state index in [1.165, 1.54) is 12.1 Å². The summed E-state index contributed by atoms with van der Waals surface area (Å²) in [7, 11) is 0. The van der Waals surface area contributed by atoms with Crippen LogP contribution in [-0.2, 0) is 9.59 Å². The van der Waals surface area contributed by atoms with E-state index in [9.17, 15) is 18.4 Å². The van der Waals surface area contributed by atoms with Crippen LogP contribution >= 0.6 is 0 Å². The highest BCUT2D eigenvalue weighted by atomic mass is 19.3. The first-order chi connectivity index (χ1) is 11.3. The van der Waals surface area contributed by atoms with Crippen molar-refractivity contribution in [1.82, 2.24) is 16.0 Å². The summed E-state index contributed by atoms with van der Waals surface area (Å²) in [6.45, 7) is 5.64. The number of hydrogen-bond donors (Lipinski definition) is 3. The molecule has 1 aliphatic heterocycles. The van der Waals surface area contributed by atoms with E-state index in [1.54, 1.807) is 19.1 Å². The number of hydrogen-bond acceptors (Lipinski definition) is 3. The molecule has 0 spiro atoms. The summed E-state index contributed by atoms with van der Waals surface area (Å²) >= 11 is 0. The van der Waals surface area contributed by atoms with E-state index in [4.69, 9.17) is 0 Å². The minimum Gasteiger partial charge on any atom is -0.348 e. The number of nitrogens with one attached hydrogen (secondary N) is 3. The maximum Gasteiger partial charge on any atom is 0.263 e. The molecular formula is C17H23F2N3O2. The number of benzene rings is 1. The number of alkyl halides is 2. The van der Waals surface area contributed by atoms with Gasteiger partial charge in [0.15, 0.2) is 0 Å². The molecule has 1 fully saturated rings. The second-order valence-electron chi connectivity index (χ2n) is 6.41. The Morgan fingerprint density at radius 3 is 2.29 bits per heavy atom. The van der Waals surface area contributed by atoms with Crippen molar-refractivity contribution in [2.75, 3.05) is 0 Å². The molecule has 2 amide bonds. The first-order valence-corrected chi connectivity index (χ1v) is 8.01. The molecule has 7 heteroatoms. The van der Waals surface area contributed by atoms with E-state index >= 15 is 0 Å². The molecule has 0 radical (unpaired) electrons. The van der Waals surface area contributed by atoms with Gasteiger partial charge < -0.3 is 10.6 Å². The van der Waals surface area contributed by atoms with E-state index in [2.05, 4.69) is 16.0 Å². The van der Waals surface area contributed by atoms with Crippen molar-refractivity contribution < 1.29 is 18.4 Å². The summed E-state index contributed by atoms with van der Waals surface area (Å²) in [4.78, 5) is 24.1. The molecule has 1 aliphatic rings. The molecule has 24 heavy (non-hydrogen) atoms. The Balaban J connectivity index is 2.10. The molecule has 132 valence electrons. The van der Waals surface area contributed by atoms with Crippen molar-refractivity contribution in [3.63, 3.8) is 0 Å². The molecule has 1 saturated heterocycles. The quantitative estimate of drug-likeness (QED) is 0.771. The number of carbonyl (C=O) groups is 2. The zero-order chi connectivity index (χ0) is 17.9. The van der Waals surface area contributed by atoms with Crippen LogP contribution in [0.2, 0.25) is 0 Å². The van der Waals surface area contributed by atoms with Crippen molar-refractivity contribution in [2.45, 2.75) is 51.9 Å². The van der Waals surface area contributed by atoms with Crippen LogP contribution in [0.3, 0.4) is 0 Å². The first-order valence-electron chi connectivity index (χ1n) is 8.01. The lowest BCUT2D eigenvalue weighted by molar-refractivity contribution is -0.132. The topological polar surface area (TPSA) is 70.2 Å². The summed E-state index contributed by atoms with van der Waals surface area (Å²) in [5.41, 5.74) is 0.711. The van der Waals surface area contributed by atoms with Gasteiger partial charge in [0.2, 0.25) is 11.8 Å². The van der Waals surface area contributed by atoms with Crippen LogP contribution in [0.25, 0.3) is 0 Å². The molecule has 1 aromatic carbocycles. The van der Waals surface area contributed by atoms with Gasteiger partial charge in [-0.1, -0.05) is 38.1 Å². The third-order valence-corrected chi connectivity index (χ3v) is 4.05. The van der Waals surface area contributed by atoms with Crippen LogP contribution in [0.4, 0.5) is 8.78 Å². The minimum absolute atomic E-state index is 0.0491. The van der Waals surface area contributed by atoms with E-state index in [0.29, 0.717) is 0 Å². The number of halogens is 2. The van der Waals surface area contributed by atoms with Crippen LogP contribution < -0.4 is 16.0 Å². The molecule has 0 saturated carbocycles. The summed E-state index contributed by atoms with van der Waals surface area (Å²) in [6.07, 6.45) is -2.71. The minimum atomic E-state index is -2.52. The molecular weight excluding hydrogens is 316 g/mol. The standard InChI is InChI=1S/C17H23F2N3O2/c1-9(2)15(11-4-6-12(7-5-11)16(18)19)22-17(24)13-8-14(23)21-10(3)20-13/h4-7,9-10,13,15-16,20H,8H2,1-3H3,(H,21,23)(H,22,24)/t10?,13?,15-/m1/s1. The number of carbonyl (C=O) groups excluding carboxylic acids is 2. The van der Waals surface area contributed by atoms with E-state index in [-0.39, 0.29) is 41.9 Å². The predicted octanol–water partition coefficient (Wildman–Crippen LogP) is 2.26. The van der Waals surface area contributed by atoms with Gasteiger partial charge in [-0.2, -0.15) is 0 Å². The molecule has 1 heterocycles. The van der Waals surface area contributed by atoms with Crippen molar-refractivity contribution in [1.29, 1.82) is 0 Å². The molecule has 2 rings (SSSR count). The van der Waals surface area contributed by atoms with Crippen LogP contribution in [0.5, 0.6) is 0 Å². The van der Waals surface area contributed by atoms with Gasteiger partial charge in [-0.3, -0.25) is 14.9 Å². The smallest absolute Gasteiger partial charge is 0.263 e. The SMILES string of the molecule is CC1NC(=O)CC(C(=O)N[C@@H](c2ccc(C(F)F)cc2)C(C)C)N1. The molecule has 3 atom stereocenters. The summed E-state index contributed by atoms with van der Waals surface area (Å²) in [6, 6.07) is 5.04. The maximum atomic E-state index is 12.7. The highest BCUT2D eigenvalue weighted by molar-refractivity contribution is 5.89. The Morgan fingerprint density at radius 2 is 1.79 bits per heavy atom. The van der Waals surface area contributed by atoms with Crippen LogP contribution in [0.15, 0.2) is 24.3 Å². The Hall–Kier alpha value is -2.02. The second kappa shape index (κ2) is 7.70. The Labute approximate surface area is 140 Å². The van der Waals surface area contributed by atoms with Gasteiger partial charge in [-0.25, -0.2) is 8.78 Å². The molecule has 0 bridgehead atoms. The van der Waals surface area contributed by atoms with Gasteiger partial charge in [-0.15, -0.1) is 0 Å². The highest BCUT2D eigenvalue weighted by Gasteiger charge is 2.30. The van der Waals surface area contributed by atoms with E-state index < -0.39 is 12.5 Å². The fraction of sp³-hybridized carbons (Fsp3) is 0.529. The van der Waals surface area contributed by atoms with Crippen molar-refractivity contribution in [3.8, 4) is 0 Å². The van der Waals surface area contributed by atoms with Gasteiger partial charge in [-0.05, 0) is 18.4 Å². The van der Waals surface area contributed by atoms with Crippen molar-refractivity contribution in [2.24, 2.45) is 5.92 Å². The Kier molecular flexibility index (Phi) is 5.88. The lowest BCUT2D eigenvalue weighted by Crippen LogP contribution is -2.59. The number of amides is 2. The fourth-order valence-corrected chi connectivity index (χ4v) is 2.79. The molecule has 5 nitrogen and oxygen atoms in total. The average Bonchev–Trinajstić information content (AvgIpc) is 2.51. The van der Waals surface area contributed by atoms with Gasteiger partial charge in [0.1, 0.15) is 0 Å². The predicted molar refractivity (Wildman–Crippen MR) is 86.3 cm³/mol. The Bertz CT molecular complexity index is 590. The molecule has 1 aromatic rings. The fourth-order valence-electron chi connectivity index (χ4n) is 2.79. The Morgan fingerprint density at radius 1 is 1.21 bits per heavy atom. The molecule has 2 unspecified atom stereocenters. The van der Waals surface area contributed by atoms with Crippen LogP contribution in [-0.4, -0.2) is 24.0 Å². The normalized spacial score (nSPS) is 22.4. The third-order valence-electron chi connectivity index (χ3n) is 4.05. The van der Waals surface area contributed by atoms with Crippen LogP contribution in [0, 0.1) is 5.92 Å². The lowest BCUT2D eigenvalue weighted by Gasteiger charge is -2.31. The largest absolute Gasteiger partial charge is 0.348 e. The zero-order valence-corrected chi connectivity index (χ0v) is 14.0. The van der Waals surface area contributed by atoms with Crippen LogP contribution in [0.1, 0.15) is 50.8 Å². The third kappa shape index (κ3) is 4.50. The summed E-state index contributed by atoms with van der Waals surface area (Å²) in [5, 5.41) is 8.63. The van der Waals surface area contributed by atoms with E-state index in [1.807, 2.05) is 13.8 Å². The van der Waals surface area contributed by atoms with E-state index in [0.717, 1.165) is 5.56 Å².